The van der Waals surface area contributed by atoms with E-state index in [1.54, 1.807) is 7.05 Å². The maximum Gasteiger partial charge on any atom is 0.314 e. The average Bonchev–Trinajstić information content (AvgIpc) is 2.71. The van der Waals surface area contributed by atoms with E-state index in [9.17, 15) is 9.59 Å². The Balaban J connectivity index is 2.13. The fraction of sp³-hybridized carbons (Fsp3) is 0.400. The van der Waals surface area contributed by atoms with E-state index < -0.39 is 11.7 Å². The van der Waals surface area contributed by atoms with Crippen molar-refractivity contribution in [3.63, 3.8) is 0 Å². The molecule has 0 saturated heterocycles. The quantitative estimate of drug-likeness (QED) is 0.272. The third-order valence-corrected chi connectivity index (χ3v) is 5.14. The topological polar surface area (TPSA) is 49.7 Å². The minimum atomic E-state index is -0.590. The molecule has 0 heterocycles. The van der Waals surface area contributed by atoms with E-state index in [-0.39, 0.29) is 0 Å². The number of hydrogen-bond acceptors (Lipinski definition) is 3. The standard InChI is InChI=1S/C25H32N2O2/c1-7-21-15-18(4)16-22(8-2)23(21)24(28)25(29)27(6)26-19(5)11-14-20-12-9-17(3)10-13-20/h9-10,12-13,15-16H,7-8,11,14H2,1-6H3. The molecule has 154 valence electrons. The van der Waals surface area contributed by atoms with Gasteiger partial charge in [0.1, 0.15) is 0 Å². The van der Waals surface area contributed by atoms with Crippen LogP contribution in [0.15, 0.2) is 41.5 Å². The van der Waals surface area contributed by atoms with Crippen molar-refractivity contribution in [3.05, 3.63) is 69.8 Å². The maximum atomic E-state index is 13.0. The second-order valence-electron chi connectivity index (χ2n) is 7.64. The summed E-state index contributed by atoms with van der Waals surface area (Å²) in [5.41, 5.74) is 6.80. The number of carbonyl (C=O) groups excluding carboxylic acids is 2. The Morgan fingerprint density at radius 2 is 1.48 bits per heavy atom. The second-order valence-corrected chi connectivity index (χ2v) is 7.64. The van der Waals surface area contributed by atoms with Crippen molar-refractivity contribution in [3.8, 4) is 0 Å². The molecule has 2 rings (SSSR count). The van der Waals surface area contributed by atoms with Gasteiger partial charge in [-0.3, -0.25) is 9.59 Å². The molecule has 0 saturated carbocycles. The number of benzene rings is 2. The Bertz CT molecular complexity index is 886. The number of amides is 1. The predicted molar refractivity (Wildman–Crippen MR) is 120 cm³/mol. The highest BCUT2D eigenvalue weighted by molar-refractivity contribution is 6.43. The first-order valence-electron chi connectivity index (χ1n) is 10.3. The van der Waals surface area contributed by atoms with Crippen LogP contribution in [0.5, 0.6) is 0 Å². The third-order valence-electron chi connectivity index (χ3n) is 5.14. The number of aryl methyl sites for hydroxylation is 5. The molecule has 4 heteroatoms. The van der Waals surface area contributed by atoms with Crippen molar-refractivity contribution in [2.45, 2.75) is 60.3 Å². The molecule has 2 aromatic carbocycles. The summed E-state index contributed by atoms with van der Waals surface area (Å²) in [6.45, 7) is 9.99. The van der Waals surface area contributed by atoms with Crippen molar-refractivity contribution in [1.82, 2.24) is 5.01 Å². The van der Waals surface area contributed by atoms with Gasteiger partial charge in [0.2, 0.25) is 0 Å². The summed E-state index contributed by atoms with van der Waals surface area (Å²) >= 11 is 0. The van der Waals surface area contributed by atoms with Crippen molar-refractivity contribution < 1.29 is 9.59 Å². The van der Waals surface area contributed by atoms with Crippen LogP contribution in [0.25, 0.3) is 0 Å². The number of rotatable bonds is 8. The average molecular weight is 393 g/mol. The van der Waals surface area contributed by atoms with Gasteiger partial charge in [-0.25, -0.2) is 5.01 Å². The molecule has 0 aliphatic rings. The lowest BCUT2D eigenvalue weighted by Crippen LogP contribution is -2.31. The molecule has 4 nitrogen and oxygen atoms in total. The number of hydrogen-bond donors (Lipinski definition) is 0. The van der Waals surface area contributed by atoms with Crippen LogP contribution in [0, 0.1) is 13.8 Å². The molecule has 0 spiro atoms. The first kappa shape index (κ1) is 22.5. The third kappa shape index (κ3) is 5.86. The lowest BCUT2D eigenvalue weighted by atomic mass is 9.92. The van der Waals surface area contributed by atoms with Crippen LogP contribution in [0.3, 0.4) is 0 Å². The molecule has 0 aromatic heterocycles. The van der Waals surface area contributed by atoms with Gasteiger partial charge in [-0.1, -0.05) is 61.4 Å². The van der Waals surface area contributed by atoms with Gasteiger partial charge in [0.05, 0.1) is 0 Å². The zero-order valence-corrected chi connectivity index (χ0v) is 18.5. The Hall–Kier alpha value is -2.75. The highest BCUT2D eigenvalue weighted by atomic mass is 16.2. The van der Waals surface area contributed by atoms with E-state index in [0.29, 0.717) is 18.4 Å². The summed E-state index contributed by atoms with van der Waals surface area (Å²) in [4.78, 5) is 25.8. The summed E-state index contributed by atoms with van der Waals surface area (Å²) in [6, 6.07) is 12.4. The fourth-order valence-corrected chi connectivity index (χ4v) is 3.48. The highest BCUT2D eigenvalue weighted by Crippen LogP contribution is 2.21. The van der Waals surface area contributed by atoms with Gasteiger partial charge in [-0.15, -0.1) is 0 Å². The molecule has 0 aliphatic carbocycles. The van der Waals surface area contributed by atoms with Crippen LogP contribution in [-0.4, -0.2) is 29.5 Å². The number of hydrazone groups is 1. The fourth-order valence-electron chi connectivity index (χ4n) is 3.48. The molecular weight excluding hydrogens is 360 g/mol. The number of likely N-dealkylation sites (N-methyl/N-ethyl adjacent to an activating group) is 1. The molecule has 0 atom stereocenters. The number of Topliss-reactive ketones (excluding diaryl/α,β-unsaturated/α-hetero) is 1. The smallest absolute Gasteiger partial charge is 0.283 e. The Labute approximate surface area is 174 Å². The van der Waals surface area contributed by atoms with E-state index in [0.717, 1.165) is 35.2 Å². The Morgan fingerprint density at radius 1 is 0.931 bits per heavy atom. The molecule has 0 aliphatic heterocycles. The molecule has 0 fully saturated rings. The van der Waals surface area contributed by atoms with Gasteiger partial charge in [0.25, 0.3) is 5.78 Å². The first-order chi connectivity index (χ1) is 13.8. The minimum Gasteiger partial charge on any atom is -0.283 e. The highest BCUT2D eigenvalue weighted by Gasteiger charge is 2.25. The van der Waals surface area contributed by atoms with Gasteiger partial charge < -0.3 is 0 Å². The molecule has 0 bridgehead atoms. The van der Waals surface area contributed by atoms with E-state index in [4.69, 9.17) is 0 Å². The zero-order chi connectivity index (χ0) is 21.6. The lowest BCUT2D eigenvalue weighted by molar-refractivity contribution is -0.125. The van der Waals surface area contributed by atoms with Crippen molar-refractivity contribution in [2.75, 3.05) is 7.05 Å². The Morgan fingerprint density at radius 3 is 2.00 bits per heavy atom. The van der Waals surface area contributed by atoms with E-state index in [1.807, 2.05) is 39.8 Å². The normalized spacial score (nSPS) is 11.4. The van der Waals surface area contributed by atoms with Crippen LogP contribution in [0.1, 0.15) is 65.4 Å². The van der Waals surface area contributed by atoms with Crippen molar-refractivity contribution in [1.29, 1.82) is 0 Å². The molecule has 29 heavy (non-hydrogen) atoms. The SMILES string of the molecule is CCc1cc(C)cc(CC)c1C(=O)C(=O)N(C)N=C(C)CCc1ccc(C)cc1. The number of ketones is 1. The molecule has 0 unspecified atom stereocenters. The van der Waals surface area contributed by atoms with Gasteiger partial charge in [-0.2, -0.15) is 5.10 Å². The number of carbonyl (C=O) groups is 2. The summed E-state index contributed by atoms with van der Waals surface area (Å²) < 4.78 is 0. The largest absolute Gasteiger partial charge is 0.314 e. The maximum absolute atomic E-state index is 13.0. The number of nitrogens with zero attached hydrogens (tertiary/aromatic N) is 2. The van der Waals surface area contributed by atoms with Crippen molar-refractivity contribution >= 4 is 17.4 Å². The van der Waals surface area contributed by atoms with E-state index in [2.05, 4.69) is 36.3 Å². The second kappa shape index (κ2) is 10.1. The van der Waals surface area contributed by atoms with E-state index in [1.165, 1.54) is 16.1 Å². The zero-order valence-electron chi connectivity index (χ0n) is 18.5. The van der Waals surface area contributed by atoms with Crippen LogP contribution in [0.2, 0.25) is 0 Å². The van der Waals surface area contributed by atoms with Crippen LogP contribution < -0.4 is 0 Å². The predicted octanol–water partition coefficient (Wildman–Crippen LogP) is 5.08. The summed E-state index contributed by atoms with van der Waals surface area (Å²) in [7, 11) is 1.56. The van der Waals surface area contributed by atoms with Crippen LogP contribution in [0.4, 0.5) is 0 Å². The van der Waals surface area contributed by atoms with Gasteiger partial charge in [0.15, 0.2) is 0 Å². The van der Waals surface area contributed by atoms with Crippen LogP contribution in [-0.2, 0) is 24.1 Å². The van der Waals surface area contributed by atoms with Gasteiger partial charge in [0, 0.05) is 18.3 Å². The van der Waals surface area contributed by atoms with Gasteiger partial charge >= 0.3 is 5.91 Å². The monoisotopic (exact) mass is 392 g/mol. The lowest BCUT2D eigenvalue weighted by Gasteiger charge is -2.16. The Kier molecular flexibility index (Phi) is 7.89. The first-order valence-corrected chi connectivity index (χ1v) is 10.3. The minimum absolute atomic E-state index is 0.476. The molecule has 0 radical (unpaired) electrons. The molecule has 0 N–H and O–H groups in total. The van der Waals surface area contributed by atoms with E-state index >= 15 is 0 Å². The van der Waals surface area contributed by atoms with Crippen LogP contribution >= 0.6 is 0 Å². The summed E-state index contributed by atoms with van der Waals surface area (Å²) in [5.74, 6) is -1.07. The summed E-state index contributed by atoms with van der Waals surface area (Å²) in [5, 5.41) is 5.55. The molecular formula is C25H32N2O2. The molecule has 1 amide bonds. The molecule has 2 aromatic rings. The summed E-state index contributed by atoms with van der Waals surface area (Å²) in [6.07, 6.45) is 3.01. The van der Waals surface area contributed by atoms with Crippen molar-refractivity contribution in [2.24, 2.45) is 5.10 Å². The van der Waals surface area contributed by atoms with Gasteiger partial charge in [-0.05, 0) is 63.1 Å².